The molecular weight excluding hydrogens is 287 g/mol. The van der Waals surface area contributed by atoms with E-state index in [0.29, 0.717) is 11.1 Å². The van der Waals surface area contributed by atoms with Gasteiger partial charge in [-0.05, 0) is 17.2 Å². The number of halogens is 3. The maximum atomic E-state index is 12.4. The molecule has 0 bridgehead atoms. The molecule has 0 aliphatic rings. The van der Waals surface area contributed by atoms with Gasteiger partial charge in [-0.25, -0.2) is 4.79 Å². The van der Waals surface area contributed by atoms with Crippen molar-refractivity contribution in [1.29, 1.82) is 0 Å². The van der Waals surface area contributed by atoms with Gasteiger partial charge in [-0.15, -0.1) is 0 Å². The summed E-state index contributed by atoms with van der Waals surface area (Å²) in [6.45, 7) is -1.54. The Labute approximate surface area is 120 Å². The molecule has 0 radical (unpaired) electrons. The molecule has 116 valence electrons. The molecule has 2 N–H and O–H groups in total. The van der Waals surface area contributed by atoms with Crippen molar-refractivity contribution in [3.05, 3.63) is 41.5 Å². The van der Waals surface area contributed by atoms with Gasteiger partial charge in [0.1, 0.15) is 0 Å². The standard InChI is InChI=1S/C14H16F3NO3/c15-14(16,17)10-18(6-7-19)9-12-3-1-2-11(8-12)4-5-13(20)21/h1-5,8,19H,6-7,9-10H2,(H,20,21)/b5-4+. The Morgan fingerprint density at radius 1 is 1.33 bits per heavy atom. The van der Waals surface area contributed by atoms with E-state index in [1.807, 2.05) is 0 Å². The van der Waals surface area contributed by atoms with E-state index in [1.54, 1.807) is 24.3 Å². The molecule has 0 unspecified atom stereocenters. The van der Waals surface area contributed by atoms with Gasteiger partial charge in [-0.2, -0.15) is 13.2 Å². The number of carboxylic acid groups (broad SMARTS) is 1. The highest BCUT2D eigenvalue weighted by atomic mass is 19.4. The predicted octanol–water partition coefficient (Wildman–Crippen LogP) is 2.14. The molecule has 1 aromatic carbocycles. The minimum absolute atomic E-state index is 0.0226. The Hall–Kier alpha value is -1.86. The van der Waals surface area contributed by atoms with Crippen molar-refractivity contribution in [1.82, 2.24) is 4.90 Å². The van der Waals surface area contributed by atoms with Crippen molar-refractivity contribution >= 4 is 12.0 Å². The monoisotopic (exact) mass is 303 g/mol. The molecule has 0 spiro atoms. The first-order chi connectivity index (χ1) is 9.80. The fraction of sp³-hybridized carbons (Fsp3) is 0.357. The van der Waals surface area contributed by atoms with Crippen LogP contribution in [0, 0.1) is 0 Å². The SMILES string of the molecule is O=C(O)/C=C/c1cccc(CN(CCO)CC(F)(F)F)c1. The number of rotatable bonds is 7. The minimum atomic E-state index is -4.34. The van der Waals surface area contributed by atoms with E-state index in [2.05, 4.69) is 0 Å². The zero-order valence-electron chi connectivity index (χ0n) is 11.2. The van der Waals surface area contributed by atoms with Crippen LogP contribution < -0.4 is 0 Å². The predicted molar refractivity (Wildman–Crippen MR) is 71.5 cm³/mol. The molecule has 1 aromatic rings. The average Bonchev–Trinajstić information content (AvgIpc) is 2.35. The van der Waals surface area contributed by atoms with Crippen LogP contribution in [0.1, 0.15) is 11.1 Å². The topological polar surface area (TPSA) is 60.8 Å². The van der Waals surface area contributed by atoms with E-state index in [4.69, 9.17) is 10.2 Å². The summed E-state index contributed by atoms with van der Waals surface area (Å²) in [4.78, 5) is 11.5. The molecular formula is C14H16F3NO3. The first-order valence-corrected chi connectivity index (χ1v) is 6.20. The second kappa shape index (κ2) is 7.80. The van der Waals surface area contributed by atoms with Crippen LogP contribution in [0.3, 0.4) is 0 Å². The van der Waals surface area contributed by atoms with Crippen molar-refractivity contribution in [2.24, 2.45) is 0 Å². The third-order valence-electron chi connectivity index (χ3n) is 2.59. The van der Waals surface area contributed by atoms with Crippen molar-refractivity contribution in [2.75, 3.05) is 19.7 Å². The smallest absolute Gasteiger partial charge is 0.401 e. The summed E-state index contributed by atoms with van der Waals surface area (Å²) in [5.41, 5.74) is 1.20. The molecule has 0 fully saturated rings. The molecule has 4 nitrogen and oxygen atoms in total. The Morgan fingerprint density at radius 2 is 2.05 bits per heavy atom. The Morgan fingerprint density at radius 3 is 2.62 bits per heavy atom. The number of carboxylic acids is 1. The van der Waals surface area contributed by atoms with Crippen molar-refractivity contribution in [2.45, 2.75) is 12.7 Å². The summed E-state index contributed by atoms with van der Waals surface area (Å²) >= 11 is 0. The van der Waals surface area contributed by atoms with Crippen LogP contribution in [0.4, 0.5) is 13.2 Å². The summed E-state index contributed by atoms with van der Waals surface area (Å²) in [5, 5.41) is 17.4. The van der Waals surface area contributed by atoms with Gasteiger partial charge >= 0.3 is 12.1 Å². The molecule has 0 heterocycles. The summed E-state index contributed by atoms with van der Waals surface area (Å²) in [6, 6.07) is 6.56. The first-order valence-electron chi connectivity index (χ1n) is 6.20. The molecule has 21 heavy (non-hydrogen) atoms. The third kappa shape index (κ3) is 7.48. The maximum Gasteiger partial charge on any atom is 0.401 e. The first kappa shape index (κ1) is 17.2. The number of hydrogen-bond acceptors (Lipinski definition) is 3. The van der Waals surface area contributed by atoms with Crippen LogP contribution in [0.5, 0.6) is 0 Å². The number of aliphatic hydroxyl groups excluding tert-OH is 1. The Bertz CT molecular complexity index is 500. The zero-order chi connectivity index (χ0) is 15.9. The Kier molecular flexibility index (Phi) is 6.39. The number of nitrogens with zero attached hydrogens (tertiary/aromatic N) is 1. The lowest BCUT2D eigenvalue weighted by Crippen LogP contribution is -2.35. The van der Waals surface area contributed by atoms with Crippen LogP contribution in [0.2, 0.25) is 0 Å². The molecule has 0 saturated carbocycles. The van der Waals surface area contributed by atoms with Gasteiger partial charge in [0.05, 0.1) is 13.2 Å². The summed E-state index contributed by atoms with van der Waals surface area (Å²) in [5.74, 6) is -1.10. The van der Waals surface area contributed by atoms with E-state index in [0.717, 1.165) is 11.0 Å². The molecule has 1 rings (SSSR count). The van der Waals surface area contributed by atoms with E-state index in [-0.39, 0.29) is 19.7 Å². The van der Waals surface area contributed by atoms with Crippen molar-refractivity contribution in [3.8, 4) is 0 Å². The van der Waals surface area contributed by atoms with Gasteiger partial charge in [0, 0.05) is 19.2 Å². The molecule has 0 saturated heterocycles. The van der Waals surface area contributed by atoms with E-state index < -0.39 is 18.7 Å². The van der Waals surface area contributed by atoms with Crippen molar-refractivity contribution in [3.63, 3.8) is 0 Å². The summed E-state index contributed by atoms with van der Waals surface area (Å²) < 4.78 is 37.3. The lowest BCUT2D eigenvalue weighted by atomic mass is 10.1. The van der Waals surface area contributed by atoms with Gasteiger partial charge < -0.3 is 10.2 Å². The van der Waals surface area contributed by atoms with Gasteiger partial charge in [-0.3, -0.25) is 4.90 Å². The van der Waals surface area contributed by atoms with Gasteiger partial charge in [0.2, 0.25) is 0 Å². The van der Waals surface area contributed by atoms with Crippen LogP contribution in [-0.4, -0.2) is 47.0 Å². The molecule has 7 heteroatoms. The minimum Gasteiger partial charge on any atom is -0.478 e. The second-order valence-electron chi connectivity index (χ2n) is 4.47. The third-order valence-corrected chi connectivity index (χ3v) is 2.59. The highest BCUT2D eigenvalue weighted by Crippen LogP contribution is 2.18. The number of hydrogen-bond donors (Lipinski definition) is 2. The van der Waals surface area contributed by atoms with Crippen molar-refractivity contribution < 1.29 is 28.2 Å². The molecule has 0 amide bonds. The molecule has 0 aliphatic carbocycles. The van der Waals surface area contributed by atoms with E-state index in [9.17, 15) is 18.0 Å². The van der Waals surface area contributed by atoms with Gasteiger partial charge in [0.25, 0.3) is 0 Å². The number of aliphatic carboxylic acids is 1. The quantitative estimate of drug-likeness (QED) is 0.758. The van der Waals surface area contributed by atoms with Gasteiger partial charge in [-0.1, -0.05) is 24.3 Å². The lowest BCUT2D eigenvalue weighted by molar-refractivity contribution is -0.148. The number of carbonyl (C=O) groups is 1. The van der Waals surface area contributed by atoms with E-state index >= 15 is 0 Å². The second-order valence-corrected chi connectivity index (χ2v) is 4.47. The summed E-state index contributed by atoms with van der Waals surface area (Å²) in [7, 11) is 0. The van der Waals surface area contributed by atoms with Crippen LogP contribution in [0.15, 0.2) is 30.3 Å². The number of benzene rings is 1. The lowest BCUT2D eigenvalue weighted by Gasteiger charge is -2.22. The van der Waals surface area contributed by atoms with Gasteiger partial charge in [0.15, 0.2) is 0 Å². The van der Waals surface area contributed by atoms with Crippen LogP contribution >= 0.6 is 0 Å². The van der Waals surface area contributed by atoms with E-state index in [1.165, 1.54) is 6.08 Å². The molecule has 0 aromatic heterocycles. The van der Waals surface area contributed by atoms with Crippen LogP contribution in [-0.2, 0) is 11.3 Å². The largest absolute Gasteiger partial charge is 0.478 e. The normalized spacial score (nSPS) is 12.2. The fourth-order valence-corrected chi connectivity index (χ4v) is 1.83. The number of alkyl halides is 3. The maximum absolute atomic E-state index is 12.4. The van der Waals surface area contributed by atoms with Crippen LogP contribution in [0.25, 0.3) is 6.08 Å². The summed E-state index contributed by atoms with van der Waals surface area (Å²) in [6.07, 6.45) is -2.01. The number of aliphatic hydroxyl groups is 1. The highest BCUT2D eigenvalue weighted by Gasteiger charge is 2.30. The molecule has 0 atom stereocenters. The fourth-order valence-electron chi connectivity index (χ4n) is 1.83. The Balaban J connectivity index is 2.79. The average molecular weight is 303 g/mol. The highest BCUT2D eigenvalue weighted by molar-refractivity contribution is 5.85. The zero-order valence-corrected chi connectivity index (χ0v) is 11.2. The molecule has 0 aliphatic heterocycles.